The highest BCUT2D eigenvalue weighted by Crippen LogP contribution is 2.17. The van der Waals surface area contributed by atoms with Gasteiger partial charge in [0.25, 0.3) is 0 Å². The smallest absolute Gasteiger partial charge is 0.234 e. The van der Waals surface area contributed by atoms with Crippen LogP contribution in [0.15, 0.2) is 5.38 Å². The Morgan fingerprint density at radius 2 is 2.25 bits per heavy atom. The van der Waals surface area contributed by atoms with Crippen molar-refractivity contribution in [3.05, 3.63) is 21.9 Å². The molecule has 0 aliphatic carbocycles. The van der Waals surface area contributed by atoms with E-state index in [9.17, 15) is 4.79 Å². The normalized spacial score (nSPS) is 11.1. The van der Waals surface area contributed by atoms with E-state index in [4.69, 9.17) is 0 Å². The van der Waals surface area contributed by atoms with Gasteiger partial charge in [-0.05, 0) is 13.8 Å². The Morgan fingerprint density at radius 1 is 1.40 bits per heavy atom. The van der Waals surface area contributed by atoms with Crippen molar-refractivity contribution in [2.24, 2.45) is 0 Å². The molecule has 0 atom stereocenters. The number of amides is 1. The lowest BCUT2D eigenvalue weighted by atomic mass is 10.3. The molecule has 3 heterocycles. The van der Waals surface area contributed by atoms with Crippen molar-refractivity contribution in [3.63, 3.8) is 0 Å². The second-order valence-electron chi connectivity index (χ2n) is 4.28. The van der Waals surface area contributed by atoms with Crippen LogP contribution in [0.2, 0.25) is 0 Å². The van der Waals surface area contributed by atoms with E-state index >= 15 is 0 Å². The van der Waals surface area contributed by atoms with Crippen LogP contribution >= 0.6 is 22.7 Å². The van der Waals surface area contributed by atoms with Crippen molar-refractivity contribution in [2.75, 3.05) is 5.32 Å². The van der Waals surface area contributed by atoms with Gasteiger partial charge in [-0.1, -0.05) is 11.3 Å². The quantitative estimate of drug-likeness (QED) is 0.795. The molecule has 0 saturated carbocycles. The van der Waals surface area contributed by atoms with E-state index in [-0.39, 0.29) is 5.91 Å². The summed E-state index contributed by atoms with van der Waals surface area (Å²) in [5, 5.41) is 18.5. The highest BCUT2D eigenvalue weighted by atomic mass is 32.1. The predicted octanol–water partition coefficient (Wildman–Crippen LogP) is 1.83. The molecule has 3 aromatic heterocycles. The number of hydrogen-bond donors (Lipinski definition) is 1. The molecule has 0 saturated heterocycles. The van der Waals surface area contributed by atoms with Crippen molar-refractivity contribution < 1.29 is 4.79 Å². The Labute approximate surface area is 122 Å². The number of aromatic nitrogens is 5. The number of rotatable bonds is 4. The van der Waals surface area contributed by atoms with Gasteiger partial charge in [-0.2, -0.15) is 9.61 Å². The van der Waals surface area contributed by atoms with Crippen molar-refractivity contribution in [2.45, 2.75) is 26.7 Å². The summed E-state index contributed by atoms with van der Waals surface area (Å²) in [5.74, 6) is 0.701. The molecule has 0 aliphatic rings. The molecule has 0 aliphatic heterocycles. The summed E-state index contributed by atoms with van der Waals surface area (Å²) >= 11 is 2.88. The molecule has 0 aromatic carbocycles. The van der Waals surface area contributed by atoms with Crippen LogP contribution in [0.4, 0.5) is 5.13 Å². The predicted molar refractivity (Wildman–Crippen MR) is 77.2 cm³/mol. The fourth-order valence-corrected chi connectivity index (χ4v) is 3.25. The Morgan fingerprint density at radius 3 is 2.95 bits per heavy atom. The fourth-order valence-electron chi connectivity index (χ4n) is 1.67. The van der Waals surface area contributed by atoms with E-state index < -0.39 is 0 Å². The van der Waals surface area contributed by atoms with Crippen LogP contribution in [-0.4, -0.2) is 30.7 Å². The van der Waals surface area contributed by atoms with Crippen LogP contribution < -0.4 is 5.32 Å². The fraction of sp³-hybridized carbons (Fsp3) is 0.364. The van der Waals surface area contributed by atoms with Gasteiger partial charge in [0.05, 0.1) is 5.69 Å². The second-order valence-corrected chi connectivity index (χ2v) is 6.18. The lowest BCUT2D eigenvalue weighted by Gasteiger charge is -1.99. The number of hydrogen-bond acceptors (Lipinski definition) is 7. The maximum Gasteiger partial charge on any atom is 0.234 e. The molecular formula is C11H12N6OS2. The summed E-state index contributed by atoms with van der Waals surface area (Å²) < 4.78 is 1.70. The number of thiazole rings is 1. The van der Waals surface area contributed by atoms with Crippen LogP contribution in [0.5, 0.6) is 0 Å². The molecule has 0 fully saturated rings. The van der Waals surface area contributed by atoms with Crippen LogP contribution in [0.25, 0.3) is 4.96 Å². The molecule has 3 aromatic rings. The minimum atomic E-state index is -0.0537. The maximum absolute atomic E-state index is 11.8. The van der Waals surface area contributed by atoms with Gasteiger partial charge >= 0.3 is 0 Å². The Balaban J connectivity index is 1.59. The molecule has 3 rings (SSSR count). The highest BCUT2D eigenvalue weighted by Gasteiger charge is 2.11. The van der Waals surface area contributed by atoms with E-state index in [1.54, 1.807) is 4.52 Å². The lowest BCUT2D eigenvalue weighted by Crippen LogP contribution is -2.12. The highest BCUT2D eigenvalue weighted by molar-refractivity contribution is 7.16. The third kappa shape index (κ3) is 2.68. The first-order valence-corrected chi connectivity index (χ1v) is 7.71. The summed E-state index contributed by atoms with van der Waals surface area (Å²) in [6, 6.07) is 0. The standard InChI is InChI=1S/C11H12N6OS2/c1-6-5-19-10(12-6)13-8(18)3-4-9-16-17-7(2)14-15-11(17)20-9/h5H,3-4H2,1-2H3,(H,12,13,18). The third-order valence-corrected chi connectivity index (χ3v) is 4.45. The number of aryl methyl sites for hydroxylation is 3. The molecule has 20 heavy (non-hydrogen) atoms. The van der Waals surface area contributed by atoms with Crippen LogP contribution in [-0.2, 0) is 11.2 Å². The Kier molecular flexibility index (Phi) is 3.45. The van der Waals surface area contributed by atoms with Crippen LogP contribution in [0, 0.1) is 13.8 Å². The van der Waals surface area contributed by atoms with Crippen molar-refractivity contribution in [1.29, 1.82) is 0 Å². The molecule has 0 spiro atoms. The van der Waals surface area contributed by atoms with Gasteiger partial charge < -0.3 is 5.32 Å². The zero-order valence-corrected chi connectivity index (χ0v) is 12.6. The monoisotopic (exact) mass is 308 g/mol. The summed E-state index contributed by atoms with van der Waals surface area (Å²) in [5.41, 5.74) is 0.912. The maximum atomic E-state index is 11.8. The summed E-state index contributed by atoms with van der Waals surface area (Å²) in [4.78, 5) is 16.8. The number of fused-ring (bicyclic) bond motifs is 1. The number of carbonyl (C=O) groups excluding carboxylic acids is 1. The van der Waals surface area contributed by atoms with E-state index in [0.29, 0.717) is 18.0 Å². The van der Waals surface area contributed by atoms with Crippen LogP contribution in [0.1, 0.15) is 22.9 Å². The molecule has 104 valence electrons. The van der Waals surface area contributed by atoms with Gasteiger partial charge in [-0.3, -0.25) is 4.79 Å². The van der Waals surface area contributed by atoms with Crippen molar-refractivity contribution >= 4 is 38.7 Å². The number of carbonyl (C=O) groups is 1. The molecule has 7 nitrogen and oxygen atoms in total. The molecule has 0 radical (unpaired) electrons. The summed E-state index contributed by atoms with van der Waals surface area (Å²) in [7, 11) is 0. The largest absolute Gasteiger partial charge is 0.302 e. The van der Waals surface area contributed by atoms with Gasteiger partial charge in [0.15, 0.2) is 11.0 Å². The average molecular weight is 308 g/mol. The zero-order chi connectivity index (χ0) is 14.1. The first-order chi connectivity index (χ1) is 9.61. The van der Waals surface area contributed by atoms with Crippen LogP contribution in [0.3, 0.4) is 0 Å². The van der Waals surface area contributed by atoms with E-state index in [0.717, 1.165) is 21.5 Å². The van der Waals surface area contributed by atoms with E-state index in [1.165, 1.54) is 22.7 Å². The summed E-state index contributed by atoms with van der Waals surface area (Å²) in [6.07, 6.45) is 0.964. The van der Waals surface area contributed by atoms with Gasteiger partial charge in [0.2, 0.25) is 10.9 Å². The number of anilines is 1. The van der Waals surface area contributed by atoms with E-state index in [2.05, 4.69) is 25.6 Å². The van der Waals surface area contributed by atoms with E-state index in [1.807, 2.05) is 19.2 Å². The molecule has 0 unspecified atom stereocenters. The average Bonchev–Trinajstić information content (AvgIpc) is 3.07. The minimum Gasteiger partial charge on any atom is -0.302 e. The lowest BCUT2D eigenvalue weighted by molar-refractivity contribution is -0.116. The number of nitrogens with one attached hydrogen (secondary N) is 1. The molecule has 1 N–H and O–H groups in total. The van der Waals surface area contributed by atoms with Gasteiger partial charge in [0, 0.05) is 18.2 Å². The molecule has 0 bridgehead atoms. The van der Waals surface area contributed by atoms with Crippen molar-refractivity contribution in [3.8, 4) is 0 Å². The molecule has 9 heteroatoms. The first kappa shape index (κ1) is 13.1. The Hall–Kier alpha value is -1.87. The summed E-state index contributed by atoms with van der Waals surface area (Å²) in [6.45, 7) is 3.74. The molecule has 1 amide bonds. The topological polar surface area (TPSA) is 85.1 Å². The van der Waals surface area contributed by atoms with Gasteiger partial charge in [-0.15, -0.1) is 21.5 Å². The molecular weight excluding hydrogens is 296 g/mol. The zero-order valence-electron chi connectivity index (χ0n) is 11.0. The third-order valence-electron chi connectivity index (χ3n) is 2.62. The first-order valence-electron chi connectivity index (χ1n) is 6.01. The SMILES string of the molecule is Cc1csc(NC(=O)CCc2nn3c(C)nnc3s2)n1. The second kappa shape index (κ2) is 5.25. The Bertz CT molecular complexity index is 758. The van der Waals surface area contributed by atoms with Gasteiger partial charge in [-0.25, -0.2) is 4.98 Å². The minimum absolute atomic E-state index is 0.0537. The van der Waals surface area contributed by atoms with Crippen molar-refractivity contribution in [1.82, 2.24) is 24.8 Å². The number of nitrogens with zero attached hydrogens (tertiary/aromatic N) is 5. The van der Waals surface area contributed by atoms with Gasteiger partial charge in [0.1, 0.15) is 5.01 Å².